The van der Waals surface area contributed by atoms with Gasteiger partial charge in [-0.1, -0.05) is 35.1 Å². The minimum absolute atomic E-state index is 0.541. The van der Waals surface area contributed by atoms with Crippen LogP contribution in [-0.2, 0) is 0 Å². The first kappa shape index (κ1) is 10.7. The average molecular weight is 230 g/mol. The number of thioether (sulfide) groups is 1. The van der Waals surface area contributed by atoms with Crippen molar-refractivity contribution in [2.75, 3.05) is 0 Å². The first-order valence-electron chi connectivity index (χ1n) is 4.75. The lowest BCUT2D eigenvalue weighted by Gasteiger charge is -2.03. The first-order chi connectivity index (χ1) is 7.90. The van der Waals surface area contributed by atoms with Gasteiger partial charge in [0.05, 0.1) is 0 Å². The predicted molar refractivity (Wildman–Crippen MR) is 64.9 cm³/mol. The Morgan fingerprint density at radius 3 is 2.56 bits per heavy atom. The molecule has 1 aromatic carbocycles. The zero-order chi connectivity index (χ0) is 11.2. The lowest BCUT2D eigenvalue weighted by molar-refractivity contribution is 0.321. The fourth-order valence-corrected chi connectivity index (χ4v) is 2.02. The van der Waals surface area contributed by atoms with Crippen LogP contribution in [0.4, 0.5) is 0 Å². The Kier molecular flexibility index (Phi) is 3.56. The van der Waals surface area contributed by atoms with Crippen molar-refractivity contribution in [2.24, 2.45) is 5.16 Å². The van der Waals surface area contributed by atoms with Crippen LogP contribution in [0.25, 0.3) is 0 Å². The second kappa shape index (κ2) is 5.32. The number of hydrogen-bond acceptors (Lipinski definition) is 4. The van der Waals surface area contributed by atoms with Gasteiger partial charge in [-0.2, -0.15) is 0 Å². The van der Waals surface area contributed by atoms with Crippen molar-refractivity contribution in [1.29, 1.82) is 0 Å². The molecule has 0 atom stereocenters. The first-order valence-corrected chi connectivity index (χ1v) is 5.57. The van der Waals surface area contributed by atoms with E-state index in [4.69, 9.17) is 5.21 Å². The van der Waals surface area contributed by atoms with Gasteiger partial charge in [-0.05, 0) is 24.3 Å². The number of hydrogen-bond donors (Lipinski definition) is 1. The van der Waals surface area contributed by atoms with Crippen LogP contribution in [0.15, 0.2) is 64.9 Å². The fourth-order valence-electron chi connectivity index (χ4n) is 1.23. The molecule has 16 heavy (non-hydrogen) atoms. The quantitative estimate of drug-likeness (QED) is 0.283. The van der Waals surface area contributed by atoms with Crippen molar-refractivity contribution in [2.45, 2.75) is 4.90 Å². The SMILES string of the molecule is ON=C(Sc1ccccc1)c1cccnc1. The number of rotatable bonds is 2. The summed E-state index contributed by atoms with van der Waals surface area (Å²) >= 11 is 1.40. The average Bonchev–Trinajstić information content (AvgIpc) is 2.38. The summed E-state index contributed by atoms with van der Waals surface area (Å²) in [5, 5.41) is 12.8. The lowest BCUT2D eigenvalue weighted by Crippen LogP contribution is -1.95. The molecule has 80 valence electrons. The Balaban J connectivity index is 2.20. The summed E-state index contributed by atoms with van der Waals surface area (Å²) in [6.45, 7) is 0. The predicted octanol–water partition coefficient (Wildman–Crippen LogP) is 3.01. The molecule has 1 heterocycles. The molecular weight excluding hydrogens is 220 g/mol. The second-order valence-electron chi connectivity index (χ2n) is 3.06. The van der Waals surface area contributed by atoms with Gasteiger partial charge in [0.25, 0.3) is 0 Å². The van der Waals surface area contributed by atoms with Crippen molar-refractivity contribution in [3.63, 3.8) is 0 Å². The fraction of sp³-hybridized carbons (Fsp3) is 0. The molecule has 0 saturated carbocycles. The summed E-state index contributed by atoms with van der Waals surface area (Å²) in [4.78, 5) is 5.02. The highest BCUT2D eigenvalue weighted by Gasteiger charge is 2.06. The zero-order valence-corrected chi connectivity index (χ0v) is 9.26. The van der Waals surface area contributed by atoms with Crippen LogP contribution in [0, 0.1) is 0 Å². The van der Waals surface area contributed by atoms with Gasteiger partial charge < -0.3 is 5.21 Å². The van der Waals surface area contributed by atoms with Gasteiger partial charge in [0.1, 0.15) is 5.04 Å². The largest absolute Gasteiger partial charge is 0.410 e. The number of nitrogens with zero attached hydrogens (tertiary/aromatic N) is 2. The van der Waals surface area contributed by atoms with Crippen LogP contribution in [0.5, 0.6) is 0 Å². The van der Waals surface area contributed by atoms with E-state index in [1.54, 1.807) is 12.4 Å². The van der Waals surface area contributed by atoms with Gasteiger partial charge in [0.15, 0.2) is 0 Å². The zero-order valence-electron chi connectivity index (χ0n) is 8.45. The van der Waals surface area contributed by atoms with Crippen molar-refractivity contribution in [1.82, 2.24) is 4.98 Å². The number of benzene rings is 1. The van der Waals surface area contributed by atoms with Gasteiger partial charge >= 0.3 is 0 Å². The molecule has 0 fully saturated rings. The maximum Gasteiger partial charge on any atom is 0.149 e. The molecule has 2 rings (SSSR count). The van der Waals surface area contributed by atoms with E-state index >= 15 is 0 Å². The van der Waals surface area contributed by atoms with Crippen LogP contribution >= 0.6 is 11.8 Å². The van der Waals surface area contributed by atoms with Crippen molar-refractivity contribution >= 4 is 16.8 Å². The van der Waals surface area contributed by atoms with Crippen molar-refractivity contribution in [3.8, 4) is 0 Å². The highest BCUT2D eigenvalue weighted by molar-refractivity contribution is 8.14. The molecule has 1 aromatic heterocycles. The van der Waals surface area contributed by atoms with E-state index in [1.165, 1.54) is 11.8 Å². The van der Waals surface area contributed by atoms with E-state index in [2.05, 4.69) is 10.1 Å². The number of pyridine rings is 1. The summed E-state index contributed by atoms with van der Waals surface area (Å²) in [5.74, 6) is 0. The normalized spacial score (nSPS) is 11.4. The summed E-state index contributed by atoms with van der Waals surface area (Å²) < 4.78 is 0. The summed E-state index contributed by atoms with van der Waals surface area (Å²) in [6, 6.07) is 13.4. The minimum atomic E-state index is 0.541. The van der Waals surface area contributed by atoms with Gasteiger partial charge in [0.2, 0.25) is 0 Å². The van der Waals surface area contributed by atoms with E-state index in [-0.39, 0.29) is 0 Å². The standard InChI is InChI=1S/C12H10N2OS/c15-14-12(10-5-4-8-13-9-10)16-11-6-2-1-3-7-11/h1-9,15H. The molecule has 0 amide bonds. The van der Waals surface area contributed by atoms with Gasteiger partial charge in [-0.25, -0.2) is 0 Å². The molecule has 0 radical (unpaired) electrons. The highest BCUT2D eigenvalue weighted by Crippen LogP contribution is 2.22. The Morgan fingerprint density at radius 2 is 1.94 bits per heavy atom. The third-order valence-corrected chi connectivity index (χ3v) is 2.98. The molecule has 0 saturated heterocycles. The monoisotopic (exact) mass is 230 g/mol. The Morgan fingerprint density at radius 1 is 1.12 bits per heavy atom. The molecule has 0 spiro atoms. The van der Waals surface area contributed by atoms with Crippen LogP contribution in [-0.4, -0.2) is 15.2 Å². The molecule has 3 nitrogen and oxygen atoms in total. The minimum Gasteiger partial charge on any atom is -0.410 e. The number of aromatic nitrogens is 1. The van der Waals surface area contributed by atoms with E-state index in [0.29, 0.717) is 5.04 Å². The van der Waals surface area contributed by atoms with E-state index < -0.39 is 0 Å². The van der Waals surface area contributed by atoms with E-state index in [0.717, 1.165) is 10.5 Å². The Bertz CT molecular complexity index is 471. The molecule has 0 unspecified atom stereocenters. The van der Waals surface area contributed by atoms with Crippen LogP contribution in [0.2, 0.25) is 0 Å². The highest BCUT2D eigenvalue weighted by atomic mass is 32.2. The second-order valence-corrected chi connectivity index (χ2v) is 4.12. The maximum absolute atomic E-state index is 8.98. The Hall–Kier alpha value is -1.81. The van der Waals surface area contributed by atoms with Gasteiger partial charge in [-0.3, -0.25) is 4.98 Å². The van der Waals surface area contributed by atoms with E-state index in [1.807, 2.05) is 42.5 Å². The topological polar surface area (TPSA) is 45.5 Å². The van der Waals surface area contributed by atoms with Crippen molar-refractivity contribution in [3.05, 3.63) is 60.4 Å². The van der Waals surface area contributed by atoms with Crippen LogP contribution in [0.1, 0.15) is 5.56 Å². The third kappa shape index (κ3) is 2.61. The molecule has 4 heteroatoms. The molecule has 2 aromatic rings. The molecule has 0 aliphatic carbocycles. The summed E-state index contributed by atoms with van der Waals surface area (Å²) in [5.41, 5.74) is 0.804. The molecule has 0 aliphatic rings. The lowest BCUT2D eigenvalue weighted by atomic mass is 10.3. The van der Waals surface area contributed by atoms with Gasteiger partial charge in [0, 0.05) is 22.9 Å². The molecule has 1 N–H and O–H groups in total. The summed E-state index contributed by atoms with van der Waals surface area (Å²) in [7, 11) is 0. The van der Waals surface area contributed by atoms with Gasteiger partial charge in [-0.15, -0.1) is 0 Å². The molecular formula is C12H10N2OS. The maximum atomic E-state index is 8.98. The van der Waals surface area contributed by atoms with E-state index in [9.17, 15) is 0 Å². The van der Waals surface area contributed by atoms with Crippen LogP contribution in [0.3, 0.4) is 0 Å². The third-order valence-electron chi connectivity index (χ3n) is 1.96. The summed E-state index contributed by atoms with van der Waals surface area (Å²) in [6.07, 6.45) is 3.36. The van der Waals surface area contributed by atoms with Crippen molar-refractivity contribution < 1.29 is 5.21 Å². The molecule has 0 aliphatic heterocycles. The Labute approximate surface area is 97.8 Å². The number of oxime groups is 1. The smallest absolute Gasteiger partial charge is 0.149 e. The van der Waals surface area contributed by atoms with Crippen LogP contribution < -0.4 is 0 Å². The molecule has 0 bridgehead atoms.